The zero-order valence-corrected chi connectivity index (χ0v) is 10.5. The molecule has 0 fully saturated rings. The van der Waals surface area contributed by atoms with Crippen molar-refractivity contribution in [2.75, 3.05) is 7.11 Å². The number of aromatic nitrogens is 3. The van der Waals surface area contributed by atoms with Crippen molar-refractivity contribution < 1.29 is 4.74 Å². The quantitative estimate of drug-likeness (QED) is 0.765. The highest BCUT2D eigenvalue weighted by Gasteiger charge is 2.11. The molecular formula is C14H15N3O. The Morgan fingerprint density at radius 3 is 2.89 bits per heavy atom. The number of methoxy groups -OCH3 is 1. The Labute approximate surface area is 105 Å². The number of aromatic amines is 1. The molecule has 0 saturated carbocycles. The molecule has 0 atom stereocenters. The number of benzene rings is 1. The van der Waals surface area contributed by atoms with E-state index in [0.29, 0.717) is 0 Å². The maximum Gasteiger partial charge on any atom is 0.120 e. The van der Waals surface area contributed by atoms with Crippen LogP contribution in [0.15, 0.2) is 36.7 Å². The lowest BCUT2D eigenvalue weighted by atomic mass is 10.1. The van der Waals surface area contributed by atoms with Crippen molar-refractivity contribution in [3.8, 4) is 17.0 Å². The molecule has 0 spiro atoms. The molecule has 92 valence electrons. The highest BCUT2D eigenvalue weighted by Crippen LogP contribution is 2.31. The average molecular weight is 241 g/mol. The molecule has 1 N–H and O–H groups in total. The topological polar surface area (TPSA) is 42.8 Å². The number of ether oxygens (including phenoxy) is 1. The Morgan fingerprint density at radius 2 is 2.22 bits per heavy atom. The highest BCUT2D eigenvalue weighted by molar-refractivity contribution is 5.95. The van der Waals surface area contributed by atoms with E-state index in [4.69, 9.17) is 4.74 Å². The number of nitrogens with one attached hydrogen (secondary N) is 1. The number of fused-ring (bicyclic) bond motifs is 1. The number of H-pyrrole nitrogens is 1. The number of aryl methyl sites for hydroxylation is 1. The fraction of sp³-hybridized carbons (Fsp3) is 0.214. The maximum atomic E-state index is 5.29. The van der Waals surface area contributed by atoms with E-state index >= 15 is 0 Å². The Kier molecular flexibility index (Phi) is 2.55. The standard InChI is InChI=1S/C14H15N3O/c1-3-17-9-12(13-6-7-15-16-13)11-5-4-10(18-2)8-14(11)17/h4-9H,3H2,1-2H3,(H,15,16). The second kappa shape index (κ2) is 4.22. The Balaban J connectivity index is 2.28. The molecule has 2 heterocycles. The van der Waals surface area contributed by atoms with Gasteiger partial charge in [-0.05, 0) is 25.1 Å². The van der Waals surface area contributed by atoms with Crippen molar-refractivity contribution >= 4 is 10.9 Å². The third kappa shape index (κ3) is 1.57. The lowest BCUT2D eigenvalue weighted by Gasteiger charge is -2.03. The smallest absolute Gasteiger partial charge is 0.120 e. The van der Waals surface area contributed by atoms with Crippen LogP contribution in [-0.4, -0.2) is 21.9 Å². The van der Waals surface area contributed by atoms with Gasteiger partial charge in [-0.15, -0.1) is 0 Å². The summed E-state index contributed by atoms with van der Waals surface area (Å²) >= 11 is 0. The van der Waals surface area contributed by atoms with Crippen LogP contribution in [0.3, 0.4) is 0 Å². The van der Waals surface area contributed by atoms with Crippen molar-refractivity contribution in [2.45, 2.75) is 13.5 Å². The van der Waals surface area contributed by atoms with E-state index in [9.17, 15) is 0 Å². The van der Waals surface area contributed by atoms with Crippen molar-refractivity contribution in [2.24, 2.45) is 0 Å². The SMILES string of the molecule is CCn1cc(-c2ccn[nH]2)c2ccc(OC)cc21. The third-order valence-corrected chi connectivity index (χ3v) is 3.22. The molecule has 3 rings (SSSR count). The molecule has 4 heteroatoms. The molecule has 0 aliphatic carbocycles. The van der Waals surface area contributed by atoms with Crippen LogP contribution in [0.2, 0.25) is 0 Å². The third-order valence-electron chi connectivity index (χ3n) is 3.22. The molecule has 0 radical (unpaired) electrons. The first-order chi connectivity index (χ1) is 8.83. The van der Waals surface area contributed by atoms with Crippen LogP contribution in [0.25, 0.3) is 22.2 Å². The minimum Gasteiger partial charge on any atom is -0.497 e. The van der Waals surface area contributed by atoms with Gasteiger partial charge in [0, 0.05) is 36.0 Å². The van der Waals surface area contributed by atoms with Gasteiger partial charge in [0.05, 0.1) is 18.3 Å². The van der Waals surface area contributed by atoms with Crippen LogP contribution < -0.4 is 4.74 Å². The minimum atomic E-state index is 0.881. The molecule has 2 aromatic heterocycles. The molecule has 1 aromatic carbocycles. The van der Waals surface area contributed by atoms with Gasteiger partial charge in [-0.25, -0.2) is 0 Å². The number of hydrogen-bond donors (Lipinski definition) is 1. The van der Waals surface area contributed by atoms with Crippen molar-refractivity contribution in [1.82, 2.24) is 14.8 Å². The second-order valence-electron chi connectivity index (χ2n) is 4.18. The average Bonchev–Trinajstić information content (AvgIpc) is 3.04. The molecule has 0 unspecified atom stereocenters. The van der Waals surface area contributed by atoms with Gasteiger partial charge in [0.25, 0.3) is 0 Å². The molecule has 0 amide bonds. The van der Waals surface area contributed by atoms with Gasteiger partial charge in [0.1, 0.15) is 5.75 Å². The summed E-state index contributed by atoms with van der Waals surface area (Å²) in [6, 6.07) is 8.14. The Bertz CT molecular complexity index is 668. The van der Waals surface area contributed by atoms with E-state index in [1.165, 1.54) is 16.5 Å². The van der Waals surface area contributed by atoms with Crippen LogP contribution >= 0.6 is 0 Å². The molecule has 18 heavy (non-hydrogen) atoms. The summed E-state index contributed by atoms with van der Waals surface area (Å²) in [5.41, 5.74) is 3.39. The van der Waals surface area contributed by atoms with E-state index in [1.54, 1.807) is 13.3 Å². The van der Waals surface area contributed by atoms with Crippen LogP contribution in [0.1, 0.15) is 6.92 Å². The predicted octanol–water partition coefficient (Wildman–Crippen LogP) is 3.06. The highest BCUT2D eigenvalue weighted by atomic mass is 16.5. The summed E-state index contributed by atoms with van der Waals surface area (Å²) < 4.78 is 7.50. The summed E-state index contributed by atoms with van der Waals surface area (Å²) in [6.45, 7) is 3.06. The van der Waals surface area contributed by atoms with E-state index in [0.717, 1.165) is 18.0 Å². The molecule has 3 aromatic rings. The second-order valence-corrected chi connectivity index (χ2v) is 4.18. The minimum absolute atomic E-state index is 0.881. The van der Waals surface area contributed by atoms with E-state index in [-0.39, 0.29) is 0 Å². The first-order valence-corrected chi connectivity index (χ1v) is 6.00. The Hall–Kier alpha value is -2.23. The van der Waals surface area contributed by atoms with Crippen LogP contribution in [0.4, 0.5) is 0 Å². The van der Waals surface area contributed by atoms with E-state index in [2.05, 4.69) is 40.0 Å². The molecule has 0 aliphatic rings. The van der Waals surface area contributed by atoms with Gasteiger partial charge in [0.15, 0.2) is 0 Å². The van der Waals surface area contributed by atoms with Gasteiger partial charge < -0.3 is 9.30 Å². The predicted molar refractivity (Wildman–Crippen MR) is 71.7 cm³/mol. The lowest BCUT2D eigenvalue weighted by molar-refractivity contribution is 0.415. The molecule has 0 aliphatic heterocycles. The first kappa shape index (κ1) is 10.9. The number of rotatable bonds is 3. The van der Waals surface area contributed by atoms with E-state index in [1.807, 2.05) is 12.1 Å². The van der Waals surface area contributed by atoms with Gasteiger partial charge in [0.2, 0.25) is 0 Å². The lowest BCUT2D eigenvalue weighted by Crippen LogP contribution is -1.91. The summed E-state index contributed by atoms with van der Waals surface area (Å²) in [6.07, 6.45) is 3.92. The largest absolute Gasteiger partial charge is 0.497 e. The maximum absolute atomic E-state index is 5.29. The number of nitrogens with zero attached hydrogens (tertiary/aromatic N) is 2. The van der Waals surface area contributed by atoms with Crippen molar-refractivity contribution in [1.29, 1.82) is 0 Å². The summed E-state index contributed by atoms with van der Waals surface area (Å²) in [5.74, 6) is 0.881. The molecule has 0 bridgehead atoms. The molecular weight excluding hydrogens is 226 g/mol. The zero-order valence-electron chi connectivity index (χ0n) is 10.5. The number of hydrogen-bond acceptors (Lipinski definition) is 2. The summed E-state index contributed by atoms with van der Waals surface area (Å²) in [5, 5.41) is 8.24. The monoisotopic (exact) mass is 241 g/mol. The van der Waals surface area contributed by atoms with Crippen LogP contribution in [-0.2, 0) is 6.54 Å². The zero-order chi connectivity index (χ0) is 12.5. The summed E-state index contributed by atoms with van der Waals surface area (Å²) in [7, 11) is 1.69. The molecule has 4 nitrogen and oxygen atoms in total. The van der Waals surface area contributed by atoms with Crippen molar-refractivity contribution in [3.05, 3.63) is 36.7 Å². The van der Waals surface area contributed by atoms with Gasteiger partial charge in [-0.1, -0.05) is 0 Å². The van der Waals surface area contributed by atoms with Crippen LogP contribution in [0, 0.1) is 0 Å². The fourth-order valence-electron chi connectivity index (χ4n) is 2.28. The van der Waals surface area contributed by atoms with Gasteiger partial charge in [-0.3, -0.25) is 5.10 Å². The Morgan fingerprint density at radius 1 is 1.33 bits per heavy atom. The molecule has 0 saturated heterocycles. The fourth-order valence-corrected chi connectivity index (χ4v) is 2.28. The van der Waals surface area contributed by atoms with Crippen molar-refractivity contribution in [3.63, 3.8) is 0 Å². The van der Waals surface area contributed by atoms with Gasteiger partial charge >= 0.3 is 0 Å². The van der Waals surface area contributed by atoms with E-state index < -0.39 is 0 Å². The van der Waals surface area contributed by atoms with Gasteiger partial charge in [-0.2, -0.15) is 5.10 Å². The normalized spacial score (nSPS) is 11.0. The summed E-state index contributed by atoms with van der Waals surface area (Å²) in [4.78, 5) is 0. The first-order valence-electron chi connectivity index (χ1n) is 6.00. The van der Waals surface area contributed by atoms with Crippen LogP contribution in [0.5, 0.6) is 5.75 Å².